The number of rotatable bonds is 9. The van der Waals surface area contributed by atoms with Crippen LogP contribution in [0.25, 0.3) is 0 Å². The van der Waals surface area contributed by atoms with Crippen molar-refractivity contribution in [1.82, 2.24) is 10.6 Å². The zero-order chi connectivity index (χ0) is 22.1. The fourth-order valence-electron chi connectivity index (χ4n) is 3.33. The Labute approximate surface area is 207 Å². The molecule has 1 saturated heterocycles. The summed E-state index contributed by atoms with van der Waals surface area (Å²) in [5.74, 6) is 2.26. The molecular formula is C24H34IN3O4. The lowest BCUT2D eigenvalue weighted by Gasteiger charge is -2.17. The van der Waals surface area contributed by atoms with Gasteiger partial charge in [0.05, 0.1) is 33.0 Å². The minimum atomic E-state index is -0.657. The number of ether oxygens (including phenoxy) is 3. The Balaban J connectivity index is 0.00000363. The van der Waals surface area contributed by atoms with Crippen LogP contribution < -0.4 is 20.1 Å². The molecule has 2 aromatic carbocycles. The van der Waals surface area contributed by atoms with Gasteiger partial charge in [-0.1, -0.05) is 24.3 Å². The van der Waals surface area contributed by atoms with Gasteiger partial charge in [-0.15, -0.1) is 24.0 Å². The van der Waals surface area contributed by atoms with Crippen molar-refractivity contribution in [2.24, 2.45) is 4.99 Å². The average molecular weight is 555 g/mol. The third-order valence-corrected chi connectivity index (χ3v) is 5.12. The molecule has 0 aliphatic carbocycles. The molecule has 1 fully saturated rings. The van der Waals surface area contributed by atoms with E-state index in [-0.39, 0.29) is 30.1 Å². The summed E-state index contributed by atoms with van der Waals surface area (Å²) in [6.07, 6.45) is 0.343. The van der Waals surface area contributed by atoms with Crippen LogP contribution >= 0.6 is 24.0 Å². The van der Waals surface area contributed by atoms with Gasteiger partial charge in [0, 0.05) is 25.1 Å². The highest BCUT2D eigenvalue weighted by molar-refractivity contribution is 14.0. The zero-order valence-corrected chi connectivity index (χ0v) is 21.3. The largest absolute Gasteiger partial charge is 0.497 e. The van der Waals surface area contributed by atoms with E-state index in [9.17, 15) is 5.11 Å². The number of aliphatic hydroxyl groups is 1. The molecule has 2 aromatic rings. The summed E-state index contributed by atoms with van der Waals surface area (Å²) in [5.41, 5.74) is 2.98. The zero-order valence-electron chi connectivity index (χ0n) is 19.0. The predicted molar refractivity (Wildman–Crippen MR) is 137 cm³/mol. The van der Waals surface area contributed by atoms with Crippen LogP contribution in [0, 0.1) is 6.92 Å². The maximum Gasteiger partial charge on any atom is 0.191 e. The van der Waals surface area contributed by atoms with Crippen LogP contribution in [0.15, 0.2) is 47.5 Å². The normalized spacial score (nSPS) is 16.8. The molecule has 7 nitrogen and oxygen atoms in total. The van der Waals surface area contributed by atoms with Crippen LogP contribution in [0.1, 0.15) is 36.1 Å². The van der Waals surface area contributed by atoms with Gasteiger partial charge in [-0.2, -0.15) is 0 Å². The van der Waals surface area contributed by atoms with Gasteiger partial charge in [0.25, 0.3) is 0 Å². The fraction of sp³-hybridized carbons (Fsp3) is 0.458. The van der Waals surface area contributed by atoms with Crippen LogP contribution in [-0.4, -0.2) is 50.6 Å². The lowest BCUT2D eigenvalue weighted by molar-refractivity contribution is 0.140. The minimum Gasteiger partial charge on any atom is -0.497 e. The molecule has 0 amide bonds. The average Bonchev–Trinajstić information content (AvgIpc) is 3.29. The molecule has 1 aliphatic rings. The first-order valence-corrected chi connectivity index (χ1v) is 10.8. The number of nitrogens with zero attached hydrogens (tertiary/aromatic N) is 1. The number of nitrogens with one attached hydrogen (secondary N) is 2. The second-order valence-corrected chi connectivity index (χ2v) is 7.58. The molecule has 1 aliphatic heterocycles. The van der Waals surface area contributed by atoms with Gasteiger partial charge in [-0.25, -0.2) is 4.99 Å². The quantitative estimate of drug-likeness (QED) is 0.249. The van der Waals surface area contributed by atoms with E-state index >= 15 is 0 Å². The molecule has 1 heterocycles. The third kappa shape index (κ3) is 7.83. The highest BCUT2D eigenvalue weighted by atomic mass is 127. The molecule has 0 saturated carbocycles. The van der Waals surface area contributed by atoms with Crippen molar-refractivity contribution in [3.63, 3.8) is 0 Å². The molecule has 2 atom stereocenters. The second-order valence-electron chi connectivity index (χ2n) is 7.58. The Bertz CT molecular complexity index is 855. The van der Waals surface area contributed by atoms with E-state index in [1.54, 1.807) is 7.11 Å². The van der Waals surface area contributed by atoms with Crippen molar-refractivity contribution in [3.8, 4) is 11.5 Å². The molecule has 3 N–H and O–H groups in total. The monoisotopic (exact) mass is 555 g/mol. The van der Waals surface area contributed by atoms with Crippen LogP contribution in [0.4, 0.5) is 0 Å². The van der Waals surface area contributed by atoms with Crippen LogP contribution in [0.5, 0.6) is 11.5 Å². The Morgan fingerprint density at radius 3 is 2.66 bits per heavy atom. The Morgan fingerprint density at radius 1 is 1.22 bits per heavy atom. The van der Waals surface area contributed by atoms with Crippen LogP contribution in [0.3, 0.4) is 0 Å². The summed E-state index contributed by atoms with van der Waals surface area (Å²) in [6, 6.07) is 13.6. The third-order valence-electron chi connectivity index (χ3n) is 5.12. The number of aryl methyl sites for hydroxylation is 1. The lowest BCUT2D eigenvalue weighted by Crippen LogP contribution is -2.39. The lowest BCUT2D eigenvalue weighted by atomic mass is 10.1. The van der Waals surface area contributed by atoms with Gasteiger partial charge >= 0.3 is 0 Å². The summed E-state index contributed by atoms with van der Waals surface area (Å²) < 4.78 is 16.8. The first kappa shape index (κ1) is 26.2. The first-order valence-electron chi connectivity index (χ1n) is 10.8. The van der Waals surface area contributed by atoms with Gasteiger partial charge in [0.15, 0.2) is 5.96 Å². The standard InChI is InChI=1S/C24H33N3O4.HI/c1-4-25-24(27-15-22(28)18-7-9-20(29-3)10-8-18)26-14-19-6-5-17(2)13-23(19)31-21-11-12-30-16-21;/h5-10,13,21-22,28H,4,11-12,14-16H2,1-3H3,(H2,25,26,27);1H. The molecule has 0 radical (unpaired) electrons. The summed E-state index contributed by atoms with van der Waals surface area (Å²) in [4.78, 5) is 4.69. The van der Waals surface area contributed by atoms with Gasteiger partial charge in [-0.3, -0.25) is 0 Å². The van der Waals surface area contributed by atoms with Crippen molar-refractivity contribution >= 4 is 29.9 Å². The van der Waals surface area contributed by atoms with Gasteiger partial charge in [-0.05, 0) is 43.2 Å². The molecule has 0 aromatic heterocycles. The number of aliphatic hydroxyl groups excluding tert-OH is 1. The molecule has 3 rings (SSSR count). The van der Waals surface area contributed by atoms with Crippen LogP contribution in [-0.2, 0) is 11.3 Å². The molecule has 2 unspecified atom stereocenters. The van der Waals surface area contributed by atoms with E-state index in [4.69, 9.17) is 19.2 Å². The van der Waals surface area contributed by atoms with Crippen molar-refractivity contribution in [3.05, 3.63) is 59.2 Å². The van der Waals surface area contributed by atoms with E-state index in [0.29, 0.717) is 25.7 Å². The fourth-order valence-corrected chi connectivity index (χ4v) is 3.33. The van der Waals surface area contributed by atoms with E-state index in [1.165, 1.54) is 0 Å². The van der Waals surface area contributed by atoms with Gasteiger partial charge < -0.3 is 30.0 Å². The molecule has 176 valence electrons. The van der Waals surface area contributed by atoms with E-state index in [2.05, 4.69) is 35.8 Å². The van der Waals surface area contributed by atoms with Crippen molar-refractivity contribution in [2.75, 3.05) is 33.4 Å². The van der Waals surface area contributed by atoms with Gasteiger partial charge in [0.2, 0.25) is 0 Å². The van der Waals surface area contributed by atoms with Crippen molar-refractivity contribution in [2.45, 2.75) is 39.0 Å². The molecule has 8 heteroatoms. The summed E-state index contributed by atoms with van der Waals surface area (Å²) in [5, 5.41) is 16.9. The number of guanidine groups is 1. The Morgan fingerprint density at radius 2 is 2.00 bits per heavy atom. The van der Waals surface area contributed by atoms with E-state index < -0.39 is 6.10 Å². The SMILES string of the molecule is CCNC(=NCc1ccc(C)cc1OC1CCOC1)NCC(O)c1ccc(OC)cc1.I. The molecule has 32 heavy (non-hydrogen) atoms. The molecule has 0 spiro atoms. The Hall–Kier alpha value is -2.04. The number of methoxy groups -OCH3 is 1. The number of benzene rings is 2. The molecule has 0 bridgehead atoms. The summed E-state index contributed by atoms with van der Waals surface area (Å²) in [7, 11) is 1.62. The highest BCUT2D eigenvalue weighted by Crippen LogP contribution is 2.24. The minimum absolute atomic E-state index is 0. The predicted octanol–water partition coefficient (Wildman–Crippen LogP) is 3.58. The number of halogens is 1. The van der Waals surface area contributed by atoms with Gasteiger partial charge in [0.1, 0.15) is 17.6 Å². The summed E-state index contributed by atoms with van der Waals surface area (Å²) in [6.45, 7) is 6.97. The summed E-state index contributed by atoms with van der Waals surface area (Å²) >= 11 is 0. The van der Waals surface area contributed by atoms with E-state index in [0.717, 1.165) is 47.8 Å². The van der Waals surface area contributed by atoms with Crippen molar-refractivity contribution < 1.29 is 19.3 Å². The van der Waals surface area contributed by atoms with E-state index in [1.807, 2.05) is 31.2 Å². The number of aliphatic imine (C=N–C) groups is 1. The smallest absolute Gasteiger partial charge is 0.191 e. The molecular weight excluding hydrogens is 521 g/mol. The number of hydrogen-bond acceptors (Lipinski definition) is 5. The Kier molecular flexibility index (Phi) is 11.1. The maximum atomic E-state index is 10.5. The highest BCUT2D eigenvalue weighted by Gasteiger charge is 2.18. The topological polar surface area (TPSA) is 84.3 Å². The number of hydrogen-bond donors (Lipinski definition) is 3. The van der Waals surface area contributed by atoms with Crippen LogP contribution in [0.2, 0.25) is 0 Å². The van der Waals surface area contributed by atoms with Crippen molar-refractivity contribution in [1.29, 1.82) is 0 Å². The second kappa shape index (κ2) is 13.5. The first-order chi connectivity index (χ1) is 15.1. The maximum absolute atomic E-state index is 10.5.